The first-order chi connectivity index (χ1) is 10.6. The molecule has 22 heavy (non-hydrogen) atoms. The number of piperidine rings is 1. The topological polar surface area (TPSA) is 58.1 Å². The van der Waals surface area contributed by atoms with Crippen LogP contribution in [-0.2, 0) is 0 Å². The van der Waals surface area contributed by atoms with Crippen molar-refractivity contribution in [2.24, 2.45) is 5.92 Å². The van der Waals surface area contributed by atoms with Crippen molar-refractivity contribution in [3.05, 3.63) is 34.3 Å². The first kappa shape index (κ1) is 15.0. The Hall–Kier alpha value is -1.95. The molecule has 2 aromatic heterocycles. The Labute approximate surface area is 134 Å². The molecule has 1 N–H and O–H groups in total. The molecule has 0 aromatic carbocycles. The second kappa shape index (κ2) is 6.44. The van der Waals surface area contributed by atoms with Gasteiger partial charge in [0.1, 0.15) is 18.0 Å². The zero-order valence-electron chi connectivity index (χ0n) is 12.9. The van der Waals surface area contributed by atoms with Gasteiger partial charge in [0.05, 0.1) is 4.88 Å². The molecule has 0 atom stereocenters. The van der Waals surface area contributed by atoms with E-state index in [2.05, 4.69) is 27.1 Å². The molecule has 5 nitrogen and oxygen atoms in total. The molecule has 1 amide bonds. The lowest BCUT2D eigenvalue weighted by Gasteiger charge is -2.31. The number of hydrogen-bond acceptors (Lipinski definition) is 5. The van der Waals surface area contributed by atoms with Gasteiger partial charge in [0.2, 0.25) is 0 Å². The summed E-state index contributed by atoms with van der Waals surface area (Å²) in [4.78, 5) is 23.6. The lowest BCUT2D eigenvalue weighted by atomic mass is 9.99. The maximum Gasteiger partial charge on any atom is 0.266 e. The van der Waals surface area contributed by atoms with Crippen molar-refractivity contribution in [2.45, 2.75) is 26.7 Å². The fourth-order valence-corrected chi connectivity index (χ4v) is 3.35. The Balaban J connectivity index is 1.70. The Morgan fingerprint density at radius 1 is 1.32 bits per heavy atom. The summed E-state index contributed by atoms with van der Waals surface area (Å²) in [6.07, 6.45) is 3.88. The molecule has 116 valence electrons. The Kier molecular flexibility index (Phi) is 4.38. The highest BCUT2D eigenvalue weighted by molar-refractivity contribution is 7.12. The summed E-state index contributed by atoms with van der Waals surface area (Å²) < 4.78 is 0. The van der Waals surface area contributed by atoms with E-state index in [1.807, 2.05) is 24.4 Å². The molecule has 1 aliphatic rings. The van der Waals surface area contributed by atoms with Crippen LogP contribution in [0.3, 0.4) is 0 Å². The van der Waals surface area contributed by atoms with Crippen LogP contribution < -0.4 is 10.2 Å². The first-order valence-corrected chi connectivity index (χ1v) is 8.43. The highest BCUT2D eigenvalue weighted by Gasteiger charge is 2.18. The van der Waals surface area contributed by atoms with Crippen LogP contribution in [0, 0.1) is 12.8 Å². The van der Waals surface area contributed by atoms with Crippen LogP contribution in [0.2, 0.25) is 0 Å². The monoisotopic (exact) mass is 316 g/mol. The van der Waals surface area contributed by atoms with Crippen molar-refractivity contribution in [1.29, 1.82) is 0 Å². The van der Waals surface area contributed by atoms with E-state index in [4.69, 9.17) is 0 Å². The average Bonchev–Trinajstić information content (AvgIpc) is 2.95. The van der Waals surface area contributed by atoms with Crippen molar-refractivity contribution in [3.8, 4) is 0 Å². The molecule has 0 aliphatic carbocycles. The minimum Gasteiger partial charge on any atom is -0.356 e. The summed E-state index contributed by atoms with van der Waals surface area (Å²) in [5, 5.41) is 4.82. The van der Waals surface area contributed by atoms with Crippen molar-refractivity contribution in [1.82, 2.24) is 9.97 Å². The maximum absolute atomic E-state index is 12.2. The van der Waals surface area contributed by atoms with Crippen molar-refractivity contribution in [3.63, 3.8) is 0 Å². The van der Waals surface area contributed by atoms with Gasteiger partial charge in [0, 0.05) is 19.2 Å². The van der Waals surface area contributed by atoms with E-state index >= 15 is 0 Å². The maximum atomic E-state index is 12.2. The lowest BCUT2D eigenvalue weighted by molar-refractivity contribution is 0.103. The summed E-state index contributed by atoms with van der Waals surface area (Å²) in [7, 11) is 0. The van der Waals surface area contributed by atoms with E-state index in [1.54, 1.807) is 0 Å². The van der Waals surface area contributed by atoms with E-state index in [0.717, 1.165) is 30.4 Å². The molecule has 0 unspecified atom stereocenters. The van der Waals surface area contributed by atoms with Gasteiger partial charge < -0.3 is 10.2 Å². The van der Waals surface area contributed by atoms with Gasteiger partial charge in [0.15, 0.2) is 0 Å². The minimum atomic E-state index is -0.116. The first-order valence-electron chi connectivity index (χ1n) is 7.55. The van der Waals surface area contributed by atoms with Gasteiger partial charge in [-0.25, -0.2) is 9.97 Å². The molecule has 1 fully saturated rings. The zero-order chi connectivity index (χ0) is 15.5. The van der Waals surface area contributed by atoms with E-state index < -0.39 is 0 Å². The van der Waals surface area contributed by atoms with Crippen molar-refractivity contribution >= 4 is 28.9 Å². The fourth-order valence-electron chi connectivity index (χ4n) is 2.55. The second-order valence-electron chi connectivity index (χ2n) is 5.87. The number of aromatic nitrogens is 2. The zero-order valence-corrected chi connectivity index (χ0v) is 13.7. The predicted octanol–water partition coefficient (Wildman–Crippen LogP) is 3.34. The molecule has 0 spiro atoms. The lowest BCUT2D eigenvalue weighted by Crippen LogP contribution is -2.33. The molecular formula is C16H20N4OS. The van der Waals surface area contributed by atoms with Crippen LogP contribution in [0.25, 0.3) is 0 Å². The standard InChI is InChI=1S/C16H20N4OS/c1-11-3-5-20(6-4-11)15-8-14(17-10-18-15)19-16(21)13-7-12(2)9-22-13/h7-11H,3-6H2,1-2H3,(H,17,18,19,21). The van der Waals surface area contributed by atoms with Gasteiger partial charge in [0.25, 0.3) is 5.91 Å². The van der Waals surface area contributed by atoms with Gasteiger partial charge in [-0.1, -0.05) is 6.92 Å². The molecule has 6 heteroatoms. The van der Waals surface area contributed by atoms with Gasteiger partial charge in [-0.3, -0.25) is 4.79 Å². The molecule has 1 saturated heterocycles. The smallest absolute Gasteiger partial charge is 0.266 e. The number of nitrogens with zero attached hydrogens (tertiary/aromatic N) is 3. The molecule has 0 saturated carbocycles. The molecule has 2 aromatic rings. The van der Waals surface area contributed by atoms with Crippen LogP contribution in [0.4, 0.5) is 11.6 Å². The summed E-state index contributed by atoms with van der Waals surface area (Å²) in [5.74, 6) is 2.11. The molecule has 1 aliphatic heterocycles. The van der Waals surface area contributed by atoms with Crippen LogP contribution >= 0.6 is 11.3 Å². The molecular weight excluding hydrogens is 296 g/mol. The number of carbonyl (C=O) groups excluding carboxylic acids is 1. The van der Waals surface area contributed by atoms with E-state index in [9.17, 15) is 4.79 Å². The number of carbonyl (C=O) groups is 1. The number of nitrogens with one attached hydrogen (secondary N) is 1. The third kappa shape index (κ3) is 3.44. The number of anilines is 2. The molecule has 0 bridgehead atoms. The van der Waals surface area contributed by atoms with Crippen molar-refractivity contribution < 1.29 is 4.79 Å². The van der Waals surface area contributed by atoms with Gasteiger partial charge in [-0.2, -0.15) is 0 Å². The van der Waals surface area contributed by atoms with Crippen LogP contribution in [0.1, 0.15) is 35.0 Å². The number of thiophene rings is 1. The highest BCUT2D eigenvalue weighted by atomic mass is 32.1. The largest absolute Gasteiger partial charge is 0.356 e. The Morgan fingerprint density at radius 3 is 2.77 bits per heavy atom. The predicted molar refractivity (Wildman–Crippen MR) is 89.7 cm³/mol. The van der Waals surface area contributed by atoms with Gasteiger partial charge in [-0.05, 0) is 42.7 Å². The Morgan fingerprint density at radius 2 is 2.09 bits per heavy atom. The van der Waals surface area contributed by atoms with E-state index in [0.29, 0.717) is 10.7 Å². The number of hydrogen-bond donors (Lipinski definition) is 1. The summed E-state index contributed by atoms with van der Waals surface area (Å²) in [6, 6.07) is 3.74. The number of rotatable bonds is 3. The molecule has 0 radical (unpaired) electrons. The summed E-state index contributed by atoms with van der Waals surface area (Å²) in [6.45, 7) is 6.28. The third-order valence-corrected chi connectivity index (χ3v) is 5.00. The van der Waals surface area contributed by atoms with Gasteiger partial charge >= 0.3 is 0 Å². The quantitative estimate of drug-likeness (QED) is 0.943. The Bertz CT molecular complexity index is 662. The highest BCUT2D eigenvalue weighted by Crippen LogP contribution is 2.23. The van der Waals surface area contributed by atoms with Crippen LogP contribution in [0.5, 0.6) is 0 Å². The number of amides is 1. The second-order valence-corrected chi connectivity index (χ2v) is 6.78. The van der Waals surface area contributed by atoms with E-state index in [-0.39, 0.29) is 5.91 Å². The van der Waals surface area contributed by atoms with Crippen LogP contribution in [-0.4, -0.2) is 29.0 Å². The van der Waals surface area contributed by atoms with Gasteiger partial charge in [-0.15, -0.1) is 11.3 Å². The molecule has 3 heterocycles. The third-order valence-electron chi connectivity index (χ3n) is 3.96. The summed E-state index contributed by atoms with van der Waals surface area (Å²) in [5.41, 5.74) is 1.10. The SMILES string of the molecule is Cc1csc(C(=O)Nc2cc(N3CCC(C)CC3)ncn2)c1. The average molecular weight is 316 g/mol. The normalized spacial score (nSPS) is 15.8. The van der Waals surface area contributed by atoms with Crippen molar-refractivity contribution in [2.75, 3.05) is 23.3 Å². The molecule has 3 rings (SSSR count). The minimum absolute atomic E-state index is 0.116. The van der Waals surface area contributed by atoms with E-state index in [1.165, 1.54) is 30.5 Å². The fraction of sp³-hybridized carbons (Fsp3) is 0.438. The number of aryl methyl sites for hydroxylation is 1. The summed E-state index contributed by atoms with van der Waals surface area (Å²) >= 11 is 1.44. The van der Waals surface area contributed by atoms with Crippen LogP contribution in [0.15, 0.2) is 23.8 Å².